The quantitative estimate of drug-likeness (QED) is 0.244. The van der Waals surface area contributed by atoms with Crippen molar-refractivity contribution in [2.24, 2.45) is 0 Å². The molecule has 2 rings (SSSR count). The molecule has 2 aliphatic heterocycles. The Morgan fingerprint density at radius 3 is 1.18 bits per heavy atom. The average Bonchev–Trinajstić information content (AvgIpc) is 2.51. The molecule has 132 valence electrons. The molecule has 2 saturated heterocycles. The van der Waals surface area contributed by atoms with Gasteiger partial charge in [0.2, 0.25) is 0 Å². The second-order valence-electron chi connectivity index (χ2n) is 5.21. The Bertz CT molecular complexity index is 282. The van der Waals surface area contributed by atoms with Gasteiger partial charge in [-0.1, -0.05) is 0 Å². The van der Waals surface area contributed by atoms with Crippen molar-refractivity contribution >= 4 is 0 Å². The van der Waals surface area contributed by atoms with Crippen LogP contribution >= 0.6 is 0 Å². The van der Waals surface area contributed by atoms with E-state index >= 15 is 0 Å². The van der Waals surface area contributed by atoms with Gasteiger partial charge in [0.15, 0.2) is 0 Å². The van der Waals surface area contributed by atoms with Crippen LogP contribution in [0.25, 0.3) is 0 Å². The first-order chi connectivity index (χ1) is 10.3. The van der Waals surface area contributed by atoms with E-state index in [0.717, 1.165) is 0 Å². The highest BCUT2D eigenvalue weighted by Crippen LogP contribution is 2.15. The molecular formula is C12H24O10. The summed E-state index contributed by atoms with van der Waals surface area (Å²) in [6.45, 7) is -0.817. The Hall–Kier alpha value is -0.400. The van der Waals surface area contributed by atoms with Gasteiger partial charge in [0, 0.05) is 0 Å². The summed E-state index contributed by atoms with van der Waals surface area (Å²) in [5.41, 5.74) is 0. The van der Waals surface area contributed by atoms with E-state index in [0.29, 0.717) is 0 Å². The van der Waals surface area contributed by atoms with Crippen LogP contribution in [-0.2, 0) is 9.47 Å². The number of rotatable bonds is 2. The van der Waals surface area contributed by atoms with Gasteiger partial charge in [0.25, 0.3) is 0 Å². The second-order valence-corrected chi connectivity index (χ2v) is 5.21. The zero-order valence-electron chi connectivity index (χ0n) is 11.8. The van der Waals surface area contributed by atoms with Gasteiger partial charge in [-0.15, -0.1) is 0 Å². The summed E-state index contributed by atoms with van der Waals surface area (Å²) in [6, 6.07) is 0. The monoisotopic (exact) mass is 328 g/mol. The first kappa shape index (κ1) is 19.6. The van der Waals surface area contributed by atoms with E-state index in [4.69, 9.17) is 50.3 Å². The number of aliphatic hydroxyl groups excluding tert-OH is 8. The third kappa shape index (κ3) is 4.80. The van der Waals surface area contributed by atoms with E-state index < -0.39 is 48.8 Å². The Kier molecular flexibility index (Phi) is 8.07. The Balaban J connectivity index is 0.000000220. The van der Waals surface area contributed by atoms with Crippen molar-refractivity contribution in [1.82, 2.24) is 0 Å². The van der Waals surface area contributed by atoms with Crippen LogP contribution < -0.4 is 0 Å². The molecule has 0 spiro atoms. The van der Waals surface area contributed by atoms with Crippen LogP contribution in [-0.4, -0.2) is 116 Å². The molecule has 0 radical (unpaired) electrons. The second kappa shape index (κ2) is 9.03. The molecule has 0 aromatic heterocycles. The molecule has 0 unspecified atom stereocenters. The summed E-state index contributed by atoms with van der Waals surface area (Å²) in [6.07, 6.45) is -8.54. The van der Waals surface area contributed by atoms with Gasteiger partial charge in [-0.25, -0.2) is 0 Å². The molecular weight excluding hydrogens is 304 g/mol. The molecule has 22 heavy (non-hydrogen) atoms. The highest BCUT2D eigenvalue weighted by molar-refractivity contribution is 4.86. The predicted molar refractivity (Wildman–Crippen MR) is 69.7 cm³/mol. The van der Waals surface area contributed by atoms with E-state index in [1.54, 1.807) is 0 Å². The topological polar surface area (TPSA) is 180 Å². The molecule has 0 aromatic carbocycles. The third-order valence-corrected chi connectivity index (χ3v) is 3.57. The lowest BCUT2D eigenvalue weighted by Crippen LogP contribution is -2.53. The number of hydrogen-bond acceptors (Lipinski definition) is 10. The first-order valence-electron chi connectivity index (χ1n) is 6.86. The average molecular weight is 328 g/mol. The van der Waals surface area contributed by atoms with Crippen molar-refractivity contribution in [3.8, 4) is 0 Å². The van der Waals surface area contributed by atoms with E-state index in [1.165, 1.54) is 0 Å². The maximum Gasteiger partial charge on any atom is 0.111 e. The van der Waals surface area contributed by atoms with Crippen LogP contribution in [0, 0.1) is 0 Å². The Labute approximate surface area is 126 Å². The van der Waals surface area contributed by atoms with Gasteiger partial charge in [0.1, 0.15) is 48.8 Å². The van der Waals surface area contributed by atoms with Crippen molar-refractivity contribution in [3.05, 3.63) is 0 Å². The van der Waals surface area contributed by atoms with Crippen LogP contribution in [0.5, 0.6) is 0 Å². The summed E-state index contributed by atoms with van der Waals surface area (Å²) < 4.78 is 9.62. The van der Waals surface area contributed by atoms with E-state index in [1.807, 2.05) is 0 Å². The van der Waals surface area contributed by atoms with Gasteiger partial charge in [0.05, 0.1) is 26.4 Å². The SMILES string of the molecule is OC[C@H]1OC[C@H](O)[C@@H](O)[C@@H]1O.OC[C@H]1OC[C@H](O)[C@@H](O)[C@H]1O. The summed E-state index contributed by atoms with van der Waals surface area (Å²) in [5.74, 6) is 0. The van der Waals surface area contributed by atoms with Crippen LogP contribution in [0.2, 0.25) is 0 Å². The Morgan fingerprint density at radius 2 is 0.909 bits per heavy atom. The molecule has 0 aromatic rings. The molecule has 8 N–H and O–H groups in total. The summed E-state index contributed by atoms with van der Waals surface area (Å²) in [7, 11) is 0. The fraction of sp³-hybridized carbons (Fsp3) is 1.00. The molecule has 10 nitrogen and oxygen atoms in total. The van der Waals surface area contributed by atoms with Gasteiger partial charge < -0.3 is 50.3 Å². The largest absolute Gasteiger partial charge is 0.394 e. The number of ether oxygens (including phenoxy) is 2. The van der Waals surface area contributed by atoms with Gasteiger partial charge in [-0.2, -0.15) is 0 Å². The first-order valence-corrected chi connectivity index (χ1v) is 6.86. The lowest BCUT2D eigenvalue weighted by atomic mass is 10.0. The van der Waals surface area contributed by atoms with Crippen LogP contribution in [0.1, 0.15) is 0 Å². The van der Waals surface area contributed by atoms with Crippen molar-refractivity contribution < 1.29 is 50.3 Å². The van der Waals surface area contributed by atoms with Crippen LogP contribution in [0.4, 0.5) is 0 Å². The molecule has 2 heterocycles. The smallest absolute Gasteiger partial charge is 0.111 e. The minimum absolute atomic E-state index is 0.0521. The third-order valence-electron chi connectivity index (χ3n) is 3.57. The van der Waals surface area contributed by atoms with Crippen molar-refractivity contribution in [3.63, 3.8) is 0 Å². The summed E-state index contributed by atoms with van der Waals surface area (Å²) in [5, 5.41) is 71.4. The zero-order valence-corrected chi connectivity index (χ0v) is 11.8. The van der Waals surface area contributed by atoms with Crippen molar-refractivity contribution in [1.29, 1.82) is 0 Å². The fourth-order valence-corrected chi connectivity index (χ4v) is 2.06. The van der Waals surface area contributed by atoms with Gasteiger partial charge in [-0.3, -0.25) is 0 Å². The highest BCUT2D eigenvalue weighted by Gasteiger charge is 2.37. The van der Waals surface area contributed by atoms with Crippen LogP contribution in [0.15, 0.2) is 0 Å². The molecule has 0 aliphatic carbocycles. The summed E-state index contributed by atoms with van der Waals surface area (Å²) >= 11 is 0. The minimum atomic E-state index is -1.22. The zero-order chi connectivity index (χ0) is 16.9. The van der Waals surface area contributed by atoms with E-state index in [-0.39, 0.29) is 26.4 Å². The Morgan fingerprint density at radius 1 is 0.591 bits per heavy atom. The molecule has 0 saturated carbocycles. The minimum Gasteiger partial charge on any atom is -0.394 e. The fourth-order valence-electron chi connectivity index (χ4n) is 2.06. The number of hydrogen-bond donors (Lipinski definition) is 8. The van der Waals surface area contributed by atoms with Crippen molar-refractivity contribution in [2.75, 3.05) is 26.4 Å². The van der Waals surface area contributed by atoms with E-state index in [2.05, 4.69) is 0 Å². The van der Waals surface area contributed by atoms with Gasteiger partial charge in [-0.05, 0) is 0 Å². The number of aliphatic hydroxyl groups is 8. The summed E-state index contributed by atoms with van der Waals surface area (Å²) in [4.78, 5) is 0. The molecule has 2 aliphatic rings. The van der Waals surface area contributed by atoms with Gasteiger partial charge >= 0.3 is 0 Å². The molecule has 0 bridgehead atoms. The molecule has 10 heteroatoms. The maximum absolute atomic E-state index is 9.11. The van der Waals surface area contributed by atoms with E-state index in [9.17, 15) is 0 Å². The molecule has 2 fully saturated rings. The predicted octanol–water partition coefficient (Wildman–Crippen LogP) is -5.08. The lowest BCUT2D eigenvalue weighted by molar-refractivity contribution is -0.195. The molecule has 8 atom stereocenters. The lowest BCUT2D eigenvalue weighted by Gasteiger charge is -2.34. The highest BCUT2D eigenvalue weighted by atomic mass is 16.5. The molecule has 0 amide bonds. The van der Waals surface area contributed by atoms with Crippen LogP contribution in [0.3, 0.4) is 0 Å². The maximum atomic E-state index is 9.11. The van der Waals surface area contributed by atoms with Crippen molar-refractivity contribution in [2.45, 2.75) is 48.8 Å². The standard InChI is InChI=1S/2C6H12O5/c2*7-1-4-6(10)5(9)3(8)2-11-4/h2*3-10H,1-2H2/t3-,4+,5+,6+;3-,4+,5+,6-/m00/s1. The normalized spacial score (nSPS) is 45.8.